The molecule has 130 valence electrons. The second-order valence-corrected chi connectivity index (χ2v) is 6.02. The molecule has 0 spiro atoms. The number of halogens is 1. The van der Waals surface area contributed by atoms with Crippen molar-refractivity contribution in [1.82, 2.24) is 14.9 Å². The highest BCUT2D eigenvalue weighted by Gasteiger charge is 2.30. The minimum atomic E-state index is -0.584. The van der Waals surface area contributed by atoms with Gasteiger partial charge in [0, 0.05) is 30.0 Å². The van der Waals surface area contributed by atoms with E-state index in [4.69, 9.17) is 16.3 Å². The maximum atomic E-state index is 12.8. The van der Waals surface area contributed by atoms with Crippen molar-refractivity contribution in [2.24, 2.45) is 0 Å². The summed E-state index contributed by atoms with van der Waals surface area (Å²) in [6.45, 7) is 0.804. The van der Waals surface area contributed by atoms with E-state index in [2.05, 4.69) is 9.97 Å². The van der Waals surface area contributed by atoms with Crippen LogP contribution in [0.15, 0.2) is 36.7 Å². The van der Waals surface area contributed by atoms with E-state index in [1.54, 1.807) is 18.5 Å². The highest BCUT2D eigenvalue weighted by Crippen LogP contribution is 2.26. The molecule has 1 saturated heterocycles. The fourth-order valence-electron chi connectivity index (χ4n) is 2.72. The maximum Gasteiger partial charge on any atom is 0.316 e. The number of nitro groups is 1. The van der Waals surface area contributed by atoms with Crippen molar-refractivity contribution < 1.29 is 14.5 Å². The minimum Gasteiger partial charge on any atom is -0.458 e. The molecule has 1 aromatic carbocycles. The Morgan fingerprint density at radius 1 is 1.36 bits per heavy atom. The van der Waals surface area contributed by atoms with E-state index < -0.39 is 10.8 Å². The van der Waals surface area contributed by atoms with Crippen LogP contribution >= 0.6 is 11.6 Å². The van der Waals surface area contributed by atoms with E-state index in [1.807, 2.05) is 0 Å². The second-order valence-electron chi connectivity index (χ2n) is 5.58. The van der Waals surface area contributed by atoms with Crippen LogP contribution in [-0.2, 0) is 0 Å². The predicted molar refractivity (Wildman–Crippen MR) is 89.7 cm³/mol. The molecular weight excluding hydrogens is 348 g/mol. The second kappa shape index (κ2) is 7.43. The standard InChI is InChI=1S/C16H15ClN4O4/c17-11-4-5-14(21(23)24)13(9-11)15(22)20-8-1-3-12(10-20)25-16-18-6-2-7-19-16/h2,4-7,9,12H,1,3,8,10H2. The molecule has 0 aliphatic carbocycles. The van der Waals surface area contributed by atoms with Gasteiger partial charge in [0.1, 0.15) is 11.7 Å². The van der Waals surface area contributed by atoms with Crippen LogP contribution in [0.1, 0.15) is 23.2 Å². The number of ether oxygens (including phenoxy) is 1. The Kier molecular flexibility index (Phi) is 5.08. The van der Waals surface area contributed by atoms with Gasteiger partial charge >= 0.3 is 6.01 Å². The van der Waals surface area contributed by atoms with Gasteiger partial charge in [0.25, 0.3) is 11.6 Å². The van der Waals surface area contributed by atoms with E-state index in [0.717, 1.165) is 12.8 Å². The molecule has 0 saturated carbocycles. The third kappa shape index (κ3) is 4.03. The van der Waals surface area contributed by atoms with Crippen molar-refractivity contribution in [3.05, 3.63) is 57.4 Å². The van der Waals surface area contributed by atoms with Gasteiger partial charge in [0.05, 0.1) is 11.5 Å². The van der Waals surface area contributed by atoms with Crippen molar-refractivity contribution in [2.75, 3.05) is 13.1 Å². The van der Waals surface area contributed by atoms with Gasteiger partial charge in [0.15, 0.2) is 0 Å². The Bertz CT molecular complexity index is 787. The Balaban J connectivity index is 1.76. The molecule has 1 fully saturated rings. The molecule has 2 heterocycles. The molecule has 0 N–H and O–H groups in total. The number of benzene rings is 1. The quantitative estimate of drug-likeness (QED) is 0.612. The normalized spacial score (nSPS) is 17.2. The lowest BCUT2D eigenvalue weighted by atomic mass is 10.1. The molecule has 2 aromatic rings. The monoisotopic (exact) mass is 362 g/mol. The van der Waals surface area contributed by atoms with E-state index in [0.29, 0.717) is 13.1 Å². The van der Waals surface area contributed by atoms with Gasteiger partial charge in [-0.05, 0) is 31.0 Å². The molecule has 1 aliphatic rings. The molecule has 1 unspecified atom stereocenters. The Morgan fingerprint density at radius 2 is 2.12 bits per heavy atom. The zero-order valence-electron chi connectivity index (χ0n) is 13.2. The number of likely N-dealkylation sites (tertiary alicyclic amines) is 1. The highest BCUT2D eigenvalue weighted by atomic mass is 35.5. The minimum absolute atomic E-state index is 0.0193. The number of aromatic nitrogens is 2. The number of amides is 1. The van der Waals surface area contributed by atoms with Gasteiger partial charge in [-0.25, -0.2) is 9.97 Å². The van der Waals surface area contributed by atoms with Crippen molar-refractivity contribution in [3.63, 3.8) is 0 Å². The summed E-state index contributed by atoms with van der Waals surface area (Å²) in [7, 11) is 0. The number of hydrogen-bond acceptors (Lipinski definition) is 6. The molecule has 1 amide bonds. The lowest BCUT2D eigenvalue weighted by Gasteiger charge is -2.32. The first kappa shape index (κ1) is 17.1. The number of rotatable bonds is 4. The maximum absolute atomic E-state index is 12.8. The summed E-state index contributed by atoms with van der Waals surface area (Å²) >= 11 is 5.91. The van der Waals surface area contributed by atoms with Gasteiger partial charge in [-0.1, -0.05) is 11.6 Å². The largest absolute Gasteiger partial charge is 0.458 e. The molecule has 9 heteroatoms. The first-order valence-electron chi connectivity index (χ1n) is 7.71. The smallest absolute Gasteiger partial charge is 0.316 e. The number of carbonyl (C=O) groups excluding carboxylic acids is 1. The Labute approximate surface area is 148 Å². The summed E-state index contributed by atoms with van der Waals surface area (Å²) in [6, 6.07) is 5.89. The van der Waals surface area contributed by atoms with Crippen LogP contribution in [0.3, 0.4) is 0 Å². The molecule has 3 rings (SSSR count). The van der Waals surface area contributed by atoms with Crippen molar-refractivity contribution >= 4 is 23.2 Å². The predicted octanol–water partition coefficient (Wildman–Crippen LogP) is 2.72. The number of carbonyl (C=O) groups is 1. The summed E-state index contributed by atoms with van der Waals surface area (Å²) in [6.07, 6.45) is 4.35. The zero-order chi connectivity index (χ0) is 17.8. The molecule has 1 atom stereocenters. The van der Waals surface area contributed by atoms with Crippen LogP contribution in [0.4, 0.5) is 5.69 Å². The van der Waals surface area contributed by atoms with Crippen LogP contribution in [-0.4, -0.2) is 44.9 Å². The Morgan fingerprint density at radius 3 is 2.84 bits per heavy atom. The van der Waals surface area contributed by atoms with Crippen LogP contribution in [0, 0.1) is 10.1 Å². The summed E-state index contributed by atoms with van der Waals surface area (Å²) in [5, 5.41) is 11.5. The van der Waals surface area contributed by atoms with Crippen molar-refractivity contribution in [3.8, 4) is 6.01 Å². The number of nitrogens with zero attached hydrogens (tertiary/aromatic N) is 4. The third-order valence-corrected chi connectivity index (χ3v) is 4.10. The fraction of sp³-hybridized carbons (Fsp3) is 0.312. The lowest BCUT2D eigenvalue weighted by Crippen LogP contribution is -2.44. The average molecular weight is 363 g/mol. The van der Waals surface area contributed by atoms with E-state index in [9.17, 15) is 14.9 Å². The SMILES string of the molecule is O=C(c1cc(Cl)ccc1[N+](=O)[O-])N1CCCC(Oc2ncccn2)C1. The highest BCUT2D eigenvalue weighted by molar-refractivity contribution is 6.31. The van der Waals surface area contributed by atoms with Crippen LogP contribution < -0.4 is 4.74 Å². The average Bonchev–Trinajstić information content (AvgIpc) is 2.62. The fourth-order valence-corrected chi connectivity index (χ4v) is 2.90. The van der Waals surface area contributed by atoms with Crippen molar-refractivity contribution in [2.45, 2.75) is 18.9 Å². The number of hydrogen-bond donors (Lipinski definition) is 0. The van der Waals surface area contributed by atoms with Gasteiger partial charge in [-0.3, -0.25) is 14.9 Å². The van der Waals surface area contributed by atoms with Gasteiger partial charge in [-0.15, -0.1) is 0 Å². The molecular formula is C16H15ClN4O4. The molecule has 25 heavy (non-hydrogen) atoms. The van der Waals surface area contributed by atoms with E-state index in [-0.39, 0.29) is 28.4 Å². The summed E-state index contributed by atoms with van der Waals surface area (Å²) in [5.74, 6) is -0.434. The van der Waals surface area contributed by atoms with Crippen LogP contribution in [0.25, 0.3) is 0 Å². The van der Waals surface area contributed by atoms with E-state index in [1.165, 1.54) is 23.1 Å². The number of piperidine rings is 1. The summed E-state index contributed by atoms with van der Waals surface area (Å²) in [4.78, 5) is 32.9. The molecule has 0 bridgehead atoms. The van der Waals surface area contributed by atoms with Gasteiger partial charge in [0.2, 0.25) is 0 Å². The summed E-state index contributed by atoms with van der Waals surface area (Å²) < 4.78 is 5.70. The van der Waals surface area contributed by atoms with Gasteiger partial charge in [-0.2, -0.15) is 0 Å². The first-order valence-corrected chi connectivity index (χ1v) is 8.09. The lowest BCUT2D eigenvalue weighted by molar-refractivity contribution is -0.385. The topological polar surface area (TPSA) is 98.5 Å². The summed E-state index contributed by atoms with van der Waals surface area (Å²) in [5.41, 5.74) is -0.280. The van der Waals surface area contributed by atoms with Gasteiger partial charge < -0.3 is 9.64 Å². The molecule has 0 radical (unpaired) electrons. The first-order chi connectivity index (χ1) is 12.0. The Hall–Kier alpha value is -2.74. The van der Waals surface area contributed by atoms with E-state index >= 15 is 0 Å². The van der Waals surface area contributed by atoms with Crippen LogP contribution in [0.2, 0.25) is 5.02 Å². The molecule has 8 nitrogen and oxygen atoms in total. The molecule has 1 aliphatic heterocycles. The number of nitro benzene ring substituents is 1. The third-order valence-electron chi connectivity index (χ3n) is 3.87. The zero-order valence-corrected chi connectivity index (χ0v) is 13.9. The molecule has 1 aromatic heterocycles. The van der Waals surface area contributed by atoms with Crippen molar-refractivity contribution in [1.29, 1.82) is 0 Å². The van der Waals surface area contributed by atoms with Crippen LogP contribution in [0.5, 0.6) is 6.01 Å².